The van der Waals surface area contributed by atoms with Crippen molar-refractivity contribution in [3.63, 3.8) is 0 Å². The summed E-state index contributed by atoms with van der Waals surface area (Å²) in [6.07, 6.45) is 2.29. The van der Waals surface area contributed by atoms with Crippen molar-refractivity contribution in [1.29, 1.82) is 0 Å². The maximum Gasteiger partial charge on any atom is 0.254 e. The van der Waals surface area contributed by atoms with Crippen LogP contribution in [0.4, 0.5) is 0 Å². The molecule has 2 aliphatic rings. The lowest BCUT2D eigenvalue weighted by atomic mass is 10.0. The largest absolute Gasteiger partial charge is 0.332 e. The number of hydrogen-bond donors (Lipinski definition) is 0. The molecule has 14 heavy (non-hydrogen) atoms. The van der Waals surface area contributed by atoms with Gasteiger partial charge in [-0.1, -0.05) is 6.07 Å². The van der Waals surface area contributed by atoms with E-state index in [1.165, 1.54) is 9.13 Å². The number of amides is 1. The second-order valence-electron chi connectivity index (χ2n) is 3.86. The van der Waals surface area contributed by atoms with Gasteiger partial charge in [0, 0.05) is 21.2 Å². The summed E-state index contributed by atoms with van der Waals surface area (Å²) in [6, 6.07) is 6.40. The number of fused-ring (bicyclic) bond motifs is 3. The molecule has 2 aliphatic heterocycles. The molecule has 0 bridgehead atoms. The van der Waals surface area contributed by atoms with Gasteiger partial charge >= 0.3 is 0 Å². The summed E-state index contributed by atoms with van der Waals surface area (Å²) in [5, 5.41) is 0. The van der Waals surface area contributed by atoms with Crippen LogP contribution in [-0.4, -0.2) is 17.4 Å². The fourth-order valence-electron chi connectivity index (χ4n) is 2.53. The molecule has 1 aromatic rings. The van der Waals surface area contributed by atoms with E-state index >= 15 is 0 Å². The summed E-state index contributed by atoms with van der Waals surface area (Å²) in [7, 11) is 0. The van der Waals surface area contributed by atoms with Gasteiger partial charge in [0.2, 0.25) is 0 Å². The molecule has 1 atom stereocenters. The molecule has 0 aromatic heterocycles. The van der Waals surface area contributed by atoms with Crippen molar-refractivity contribution in [2.75, 3.05) is 6.54 Å². The van der Waals surface area contributed by atoms with Crippen LogP contribution in [0.15, 0.2) is 18.2 Å². The summed E-state index contributed by atoms with van der Waals surface area (Å²) in [5.74, 6) is 0.237. The Hall–Kier alpha value is -0.580. The molecular formula is C11H10INO. The number of carbonyl (C=O) groups is 1. The number of hydrogen-bond acceptors (Lipinski definition) is 1. The Kier molecular flexibility index (Phi) is 1.84. The van der Waals surface area contributed by atoms with Crippen molar-refractivity contribution < 1.29 is 4.79 Å². The third-order valence-electron chi connectivity index (χ3n) is 3.13. The maximum absolute atomic E-state index is 12.0. The molecule has 1 saturated heterocycles. The van der Waals surface area contributed by atoms with E-state index in [0.29, 0.717) is 6.04 Å². The Morgan fingerprint density at radius 3 is 3.14 bits per heavy atom. The van der Waals surface area contributed by atoms with Crippen LogP contribution in [0.1, 0.15) is 34.8 Å². The minimum atomic E-state index is 0.237. The summed E-state index contributed by atoms with van der Waals surface area (Å²) in [5.41, 5.74) is 2.21. The van der Waals surface area contributed by atoms with Crippen LogP contribution in [0.25, 0.3) is 0 Å². The lowest BCUT2D eigenvalue weighted by Crippen LogP contribution is -2.22. The smallest absolute Gasteiger partial charge is 0.254 e. The average Bonchev–Trinajstić information content (AvgIpc) is 2.72. The van der Waals surface area contributed by atoms with Crippen LogP contribution in [-0.2, 0) is 0 Å². The first kappa shape index (κ1) is 8.71. The summed E-state index contributed by atoms with van der Waals surface area (Å²) < 4.78 is 1.24. The van der Waals surface area contributed by atoms with Crippen molar-refractivity contribution in [3.05, 3.63) is 32.9 Å². The Labute approximate surface area is 96.4 Å². The van der Waals surface area contributed by atoms with Crippen molar-refractivity contribution in [2.45, 2.75) is 18.9 Å². The molecular weight excluding hydrogens is 289 g/mol. The molecule has 2 heterocycles. The fraction of sp³-hybridized carbons (Fsp3) is 0.364. The van der Waals surface area contributed by atoms with Crippen LogP contribution in [0.2, 0.25) is 0 Å². The normalized spacial score (nSPS) is 23.9. The maximum atomic E-state index is 12.0. The summed E-state index contributed by atoms with van der Waals surface area (Å²) in [4.78, 5) is 14.0. The van der Waals surface area contributed by atoms with Gasteiger partial charge in [0.15, 0.2) is 0 Å². The van der Waals surface area contributed by atoms with Gasteiger partial charge in [0.1, 0.15) is 0 Å². The van der Waals surface area contributed by atoms with Crippen molar-refractivity contribution in [1.82, 2.24) is 4.90 Å². The topological polar surface area (TPSA) is 20.3 Å². The van der Waals surface area contributed by atoms with E-state index in [1.807, 2.05) is 17.0 Å². The van der Waals surface area contributed by atoms with Gasteiger partial charge in [0.25, 0.3) is 5.91 Å². The van der Waals surface area contributed by atoms with E-state index in [1.54, 1.807) is 0 Å². The van der Waals surface area contributed by atoms with E-state index in [4.69, 9.17) is 0 Å². The Bertz CT molecular complexity index is 416. The Balaban J connectivity index is 2.23. The van der Waals surface area contributed by atoms with Gasteiger partial charge in [-0.3, -0.25) is 4.79 Å². The molecule has 3 heteroatoms. The summed E-state index contributed by atoms with van der Waals surface area (Å²) in [6.45, 7) is 0.939. The molecule has 0 aliphatic carbocycles. The van der Waals surface area contributed by atoms with Gasteiger partial charge < -0.3 is 4.90 Å². The first-order valence-electron chi connectivity index (χ1n) is 4.88. The van der Waals surface area contributed by atoms with Crippen LogP contribution < -0.4 is 0 Å². The number of carbonyl (C=O) groups excluding carboxylic acids is 1. The molecule has 2 nitrogen and oxygen atoms in total. The molecule has 3 rings (SSSR count). The minimum absolute atomic E-state index is 0.237. The molecule has 1 fully saturated rings. The third kappa shape index (κ3) is 0.988. The van der Waals surface area contributed by atoms with E-state index in [9.17, 15) is 4.79 Å². The highest BCUT2D eigenvalue weighted by molar-refractivity contribution is 14.1. The van der Waals surface area contributed by atoms with E-state index in [-0.39, 0.29) is 5.91 Å². The standard InChI is InChI=1S/C11H10INO/c12-8-4-1-3-7-10(8)9-5-2-6-13(9)11(7)14/h1,3-4,9H,2,5-6H2. The molecule has 1 unspecified atom stereocenters. The molecule has 0 radical (unpaired) electrons. The van der Waals surface area contributed by atoms with E-state index in [0.717, 1.165) is 24.9 Å². The fourth-order valence-corrected chi connectivity index (χ4v) is 3.38. The highest BCUT2D eigenvalue weighted by atomic mass is 127. The van der Waals surface area contributed by atoms with E-state index < -0.39 is 0 Å². The minimum Gasteiger partial charge on any atom is -0.332 e. The van der Waals surface area contributed by atoms with Gasteiger partial charge in [-0.05, 0) is 47.6 Å². The van der Waals surface area contributed by atoms with Crippen LogP contribution in [0.3, 0.4) is 0 Å². The second-order valence-corrected chi connectivity index (χ2v) is 5.02. The zero-order valence-electron chi connectivity index (χ0n) is 7.66. The first-order valence-corrected chi connectivity index (χ1v) is 5.96. The van der Waals surface area contributed by atoms with Gasteiger partial charge in [0.05, 0.1) is 6.04 Å². The van der Waals surface area contributed by atoms with Crippen LogP contribution >= 0.6 is 22.6 Å². The molecule has 0 saturated carbocycles. The van der Waals surface area contributed by atoms with Gasteiger partial charge in [-0.2, -0.15) is 0 Å². The molecule has 1 aromatic carbocycles. The Morgan fingerprint density at radius 2 is 2.29 bits per heavy atom. The van der Waals surface area contributed by atoms with Crippen molar-refractivity contribution >= 4 is 28.5 Å². The van der Waals surface area contributed by atoms with Crippen LogP contribution in [0, 0.1) is 3.57 Å². The quantitative estimate of drug-likeness (QED) is 0.674. The number of rotatable bonds is 0. The highest BCUT2D eigenvalue weighted by Crippen LogP contribution is 2.42. The monoisotopic (exact) mass is 299 g/mol. The van der Waals surface area contributed by atoms with Crippen LogP contribution in [0.5, 0.6) is 0 Å². The molecule has 0 N–H and O–H groups in total. The predicted molar refractivity (Wildman–Crippen MR) is 62.2 cm³/mol. The highest BCUT2D eigenvalue weighted by Gasteiger charge is 2.40. The SMILES string of the molecule is O=C1c2cccc(I)c2C2CCCN12. The average molecular weight is 299 g/mol. The zero-order chi connectivity index (χ0) is 9.71. The summed E-state index contributed by atoms with van der Waals surface area (Å²) >= 11 is 2.33. The van der Waals surface area contributed by atoms with E-state index in [2.05, 4.69) is 28.7 Å². The second kappa shape index (κ2) is 2.95. The molecule has 1 amide bonds. The van der Waals surface area contributed by atoms with Crippen molar-refractivity contribution in [3.8, 4) is 0 Å². The lowest BCUT2D eigenvalue weighted by molar-refractivity contribution is 0.0776. The van der Waals surface area contributed by atoms with Gasteiger partial charge in [-0.15, -0.1) is 0 Å². The Morgan fingerprint density at radius 1 is 1.43 bits per heavy atom. The van der Waals surface area contributed by atoms with Gasteiger partial charge in [-0.25, -0.2) is 0 Å². The first-order chi connectivity index (χ1) is 6.79. The molecule has 0 spiro atoms. The van der Waals surface area contributed by atoms with Crippen molar-refractivity contribution in [2.24, 2.45) is 0 Å². The number of halogens is 1. The molecule has 72 valence electrons. The number of nitrogens with zero attached hydrogens (tertiary/aromatic N) is 1. The predicted octanol–water partition coefficient (Wildman–Crippen LogP) is 2.58. The number of benzene rings is 1. The zero-order valence-corrected chi connectivity index (χ0v) is 9.82. The lowest BCUT2D eigenvalue weighted by Gasteiger charge is -2.15. The third-order valence-corrected chi connectivity index (χ3v) is 4.07.